The van der Waals surface area contributed by atoms with E-state index in [0.717, 1.165) is 38.3 Å². The minimum absolute atomic E-state index is 0.248. The van der Waals surface area contributed by atoms with E-state index in [1.54, 1.807) is 6.92 Å². The first-order valence-corrected chi connectivity index (χ1v) is 16.4. The maximum Gasteiger partial charge on any atom is 0.256 e. The summed E-state index contributed by atoms with van der Waals surface area (Å²) in [4.78, 5) is 37.3. The summed E-state index contributed by atoms with van der Waals surface area (Å²) < 4.78 is 25.1. The van der Waals surface area contributed by atoms with E-state index in [9.17, 15) is 18.0 Å². The highest BCUT2D eigenvalue weighted by Crippen LogP contribution is 2.37. The van der Waals surface area contributed by atoms with Gasteiger partial charge in [0.1, 0.15) is 6.04 Å². The van der Waals surface area contributed by atoms with Crippen LogP contribution >= 0.6 is 11.3 Å². The summed E-state index contributed by atoms with van der Waals surface area (Å²) in [6, 6.07) is 13.3. The Morgan fingerprint density at radius 1 is 1.02 bits per heavy atom. The zero-order valence-corrected chi connectivity index (χ0v) is 24.5. The van der Waals surface area contributed by atoms with Gasteiger partial charge >= 0.3 is 0 Å². The molecule has 1 aliphatic carbocycles. The summed E-state index contributed by atoms with van der Waals surface area (Å²) >= 11 is 1.34. The summed E-state index contributed by atoms with van der Waals surface area (Å²) in [7, 11) is -3.53. The predicted molar refractivity (Wildman–Crippen MR) is 159 cm³/mol. The zero-order valence-electron chi connectivity index (χ0n) is 22.9. The smallest absolute Gasteiger partial charge is 0.256 e. The predicted octanol–water partition coefficient (Wildman–Crippen LogP) is 5.30. The van der Waals surface area contributed by atoms with Crippen molar-refractivity contribution in [2.24, 2.45) is 0 Å². The summed E-state index contributed by atoms with van der Waals surface area (Å²) in [5, 5.41) is 5.27. The van der Waals surface area contributed by atoms with Crippen molar-refractivity contribution in [1.82, 2.24) is 18.8 Å². The third-order valence-electron chi connectivity index (χ3n) is 7.92. The lowest BCUT2D eigenvalue weighted by Crippen LogP contribution is -2.43. The molecule has 1 saturated carbocycles. The molecule has 1 aromatic carbocycles. The highest BCUT2D eigenvalue weighted by Gasteiger charge is 2.35. The summed E-state index contributed by atoms with van der Waals surface area (Å²) in [6.07, 6.45) is 9.17. The molecule has 0 spiro atoms. The summed E-state index contributed by atoms with van der Waals surface area (Å²) in [6.45, 7) is 2.05. The largest absolute Gasteiger partial charge is 0.327 e. The number of thiazole rings is 1. The number of likely N-dealkylation sites (tertiary alicyclic amines) is 1. The number of hydrogen-bond donors (Lipinski definition) is 1. The first-order valence-electron chi connectivity index (χ1n) is 13.7. The van der Waals surface area contributed by atoms with Gasteiger partial charge in [-0.1, -0.05) is 24.6 Å². The molecule has 4 heterocycles. The van der Waals surface area contributed by atoms with Crippen LogP contribution in [0.2, 0.25) is 0 Å². The molecule has 1 aliphatic heterocycles. The number of carbonyl (C=O) groups is 2. The standard InChI is InChI=1S/C30H31N5O4S2/c1-19-14-24(17-35(19)41(2,38)39)29(37)34-13-5-10-27(34)28(36)33-30-32-26(18-40-30)23-9-4-8-21(15-23)22-11-12-31-25(16-22)20-6-3-7-20/h4,8-9,11-12,14-18,20,27H,3,5-7,10,13H2,1-2H3,(H,32,33,36)/t27-/m0/s1. The van der Waals surface area contributed by atoms with Crippen LogP contribution in [0.1, 0.15) is 59.8 Å². The number of pyridine rings is 1. The van der Waals surface area contributed by atoms with Crippen LogP contribution in [0.3, 0.4) is 0 Å². The fourth-order valence-corrected chi connectivity index (χ4v) is 7.15. The third kappa shape index (κ3) is 5.56. The molecule has 11 heteroatoms. The quantitative estimate of drug-likeness (QED) is 0.313. The Morgan fingerprint density at radius 2 is 1.80 bits per heavy atom. The van der Waals surface area contributed by atoms with Gasteiger partial charge in [0.15, 0.2) is 5.13 Å². The van der Waals surface area contributed by atoms with E-state index in [4.69, 9.17) is 0 Å². The molecule has 0 unspecified atom stereocenters. The topological polar surface area (TPSA) is 114 Å². The number of benzene rings is 1. The second kappa shape index (κ2) is 10.9. The minimum atomic E-state index is -3.53. The lowest BCUT2D eigenvalue weighted by molar-refractivity contribution is -0.119. The molecule has 1 saturated heterocycles. The van der Waals surface area contributed by atoms with E-state index in [0.29, 0.717) is 36.1 Å². The average Bonchev–Trinajstić information content (AvgIpc) is 3.67. The molecule has 2 fully saturated rings. The van der Waals surface area contributed by atoms with E-state index in [-0.39, 0.29) is 17.4 Å². The van der Waals surface area contributed by atoms with Gasteiger partial charge < -0.3 is 10.2 Å². The molecule has 3 aromatic heterocycles. The number of nitrogens with one attached hydrogen (secondary N) is 1. The average molecular weight is 590 g/mol. The van der Waals surface area contributed by atoms with Crippen LogP contribution in [0.5, 0.6) is 0 Å². The number of hydrogen-bond acceptors (Lipinski definition) is 7. The Hall–Kier alpha value is -3.83. The second-order valence-electron chi connectivity index (χ2n) is 10.8. The number of amides is 2. The van der Waals surface area contributed by atoms with Crippen molar-refractivity contribution in [3.8, 4) is 22.4 Å². The maximum absolute atomic E-state index is 13.2. The summed E-state index contributed by atoms with van der Waals surface area (Å²) in [5.41, 5.74) is 5.77. The fraction of sp³-hybridized carbons (Fsp3) is 0.333. The van der Waals surface area contributed by atoms with Gasteiger partial charge in [-0.15, -0.1) is 11.3 Å². The highest BCUT2D eigenvalue weighted by atomic mass is 32.2. The maximum atomic E-state index is 13.2. The molecule has 1 atom stereocenters. The number of rotatable bonds is 7. The number of anilines is 1. The Labute approximate surface area is 243 Å². The molecule has 6 rings (SSSR count). The second-order valence-corrected chi connectivity index (χ2v) is 13.5. The monoisotopic (exact) mass is 589 g/mol. The van der Waals surface area contributed by atoms with Crippen molar-refractivity contribution >= 4 is 38.3 Å². The molecule has 1 N–H and O–H groups in total. The van der Waals surface area contributed by atoms with Crippen LogP contribution in [-0.2, 0) is 14.8 Å². The van der Waals surface area contributed by atoms with Crippen LogP contribution in [0, 0.1) is 6.92 Å². The van der Waals surface area contributed by atoms with Gasteiger partial charge in [-0.25, -0.2) is 17.4 Å². The number of aromatic nitrogens is 3. The molecule has 4 aromatic rings. The van der Waals surface area contributed by atoms with Crippen LogP contribution in [0.4, 0.5) is 5.13 Å². The van der Waals surface area contributed by atoms with Crippen LogP contribution in [-0.4, -0.2) is 57.9 Å². The van der Waals surface area contributed by atoms with Crippen LogP contribution in [0.25, 0.3) is 22.4 Å². The molecular formula is C30H31N5O4S2. The number of aryl methyl sites for hydroxylation is 1. The van der Waals surface area contributed by atoms with E-state index >= 15 is 0 Å². The minimum Gasteiger partial charge on any atom is -0.327 e. The molecule has 9 nitrogen and oxygen atoms in total. The van der Waals surface area contributed by atoms with Gasteiger partial charge in [0.2, 0.25) is 15.9 Å². The molecule has 212 valence electrons. The Morgan fingerprint density at radius 3 is 2.54 bits per heavy atom. The van der Waals surface area contributed by atoms with Gasteiger partial charge in [0.05, 0.1) is 17.5 Å². The molecule has 2 amide bonds. The molecule has 41 heavy (non-hydrogen) atoms. The van der Waals surface area contributed by atoms with Crippen molar-refractivity contribution in [2.45, 2.75) is 51.0 Å². The molecule has 2 aliphatic rings. The van der Waals surface area contributed by atoms with E-state index < -0.39 is 16.1 Å². The fourth-order valence-electron chi connectivity index (χ4n) is 5.54. The van der Waals surface area contributed by atoms with Gasteiger partial charge in [-0.2, -0.15) is 0 Å². The SMILES string of the molecule is Cc1cc(C(=O)N2CCC[C@H]2C(=O)Nc2nc(-c3cccc(-c4ccnc(C5CCC5)c4)c3)cs2)cn1S(C)(=O)=O. The van der Waals surface area contributed by atoms with Gasteiger partial charge in [0, 0.05) is 47.2 Å². The van der Waals surface area contributed by atoms with Crippen molar-refractivity contribution < 1.29 is 18.0 Å². The lowest BCUT2D eigenvalue weighted by atomic mass is 9.82. The van der Waals surface area contributed by atoms with E-state index in [2.05, 4.69) is 33.5 Å². The first-order chi connectivity index (χ1) is 19.7. The number of nitrogens with zero attached hydrogens (tertiary/aromatic N) is 4. The zero-order chi connectivity index (χ0) is 28.7. The number of carbonyl (C=O) groups excluding carboxylic acids is 2. The molecular weight excluding hydrogens is 558 g/mol. The van der Waals surface area contributed by atoms with Crippen molar-refractivity contribution in [3.63, 3.8) is 0 Å². The van der Waals surface area contributed by atoms with Crippen molar-refractivity contribution in [2.75, 3.05) is 18.1 Å². The normalized spacial score (nSPS) is 17.4. The first kappa shape index (κ1) is 27.3. The van der Waals surface area contributed by atoms with Crippen molar-refractivity contribution in [3.05, 3.63) is 77.2 Å². The van der Waals surface area contributed by atoms with E-state index in [1.165, 1.54) is 47.8 Å². The lowest BCUT2D eigenvalue weighted by Gasteiger charge is -2.25. The van der Waals surface area contributed by atoms with Crippen LogP contribution < -0.4 is 5.32 Å². The van der Waals surface area contributed by atoms with Crippen LogP contribution in [0.15, 0.2) is 60.2 Å². The molecule has 0 bridgehead atoms. The Balaban J connectivity index is 1.16. The Bertz CT molecular complexity index is 1740. The molecule has 0 radical (unpaired) electrons. The Kier molecular flexibility index (Phi) is 7.25. The third-order valence-corrected chi connectivity index (χ3v) is 9.79. The highest BCUT2D eigenvalue weighted by molar-refractivity contribution is 7.89. The van der Waals surface area contributed by atoms with Gasteiger partial charge in [-0.3, -0.25) is 14.6 Å². The summed E-state index contributed by atoms with van der Waals surface area (Å²) in [5.74, 6) is -0.0990. The van der Waals surface area contributed by atoms with E-state index in [1.807, 2.05) is 29.8 Å². The van der Waals surface area contributed by atoms with Gasteiger partial charge in [0.25, 0.3) is 5.91 Å². The van der Waals surface area contributed by atoms with Gasteiger partial charge in [-0.05, 0) is 68.0 Å². The van der Waals surface area contributed by atoms with Crippen molar-refractivity contribution in [1.29, 1.82) is 0 Å².